The summed E-state index contributed by atoms with van der Waals surface area (Å²) in [5.74, 6) is -5.26. The summed E-state index contributed by atoms with van der Waals surface area (Å²) in [5.41, 5.74) is 20.7. The lowest BCUT2D eigenvalue weighted by Crippen LogP contribution is -2.50. The van der Waals surface area contributed by atoms with Gasteiger partial charge >= 0.3 is 17.9 Å². The van der Waals surface area contributed by atoms with E-state index >= 15 is 0 Å². The van der Waals surface area contributed by atoms with Crippen LogP contribution in [0.5, 0.6) is 0 Å². The molecule has 0 radical (unpaired) electrons. The predicted octanol–water partition coefficient (Wildman–Crippen LogP) is -3.09. The normalized spacial score (nSPS) is 12.5. The molecule has 0 saturated heterocycles. The quantitative estimate of drug-likeness (QED) is 0.0853. The Morgan fingerprint density at radius 3 is 1.83 bits per heavy atom. The van der Waals surface area contributed by atoms with Crippen molar-refractivity contribution in [3.8, 4) is 0 Å². The summed E-state index contributed by atoms with van der Waals surface area (Å²) in [7, 11) is 0. The van der Waals surface area contributed by atoms with Gasteiger partial charge in [-0.25, -0.2) is 9.59 Å². The number of carbonyl (C=O) groups is 3. The van der Waals surface area contributed by atoms with Gasteiger partial charge in [-0.2, -0.15) is 0 Å². The van der Waals surface area contributed by atoms with Gasteiger partial charge in [0.25, 0.3) is 0 Å². The molecule has 1 unspecified atom stereocenters. The van der Waals surface area contributed by atoms with Crippen molar-refractivity contribution >= 4 is 29.8 Å². The first-order chi connectivity index (χ1) is 11.1. The van der Waals surface area contributed by atoms with E-state index in [-0.39, 0.29) is 25.3 Å². The Balaban J connectivity index is 5.48. The highest BCUT2D eigenvalue weighted by Gasteiger charge is 2.36. The van der Waals surface area contributed by atoms with Crippen LogP contribution >= 0.6 is 0 Å². The van der Waals surface area contributed by atoms with Crippen LogP contribution in [-0.2, 0) is 14.4 Å². The number of guanidine groups is 2. The van der Waals surface area contributed by atoms with Crippen LogP contribution in [0.4, 0.5) is 0 Å². The SMILES string of the molecule is NC(N)=NCCC[C@@H](C(=O)O)N(N=C(N)N)C(CC(=O)O)C(=O)O. The van der Waals surface area contributed by atoms with E-state index in [1.165, 1.54) is 0 Å². The van der Waals surface area contributed by atoms with E-state index in [9.17, 15) is 24.6 Å². The molecule has 0 aromatic heterocycles. The molecule has 0 saturated carbocycles. The molecule has 0 aliphatic heterocycles. The molecular formula is C11H21N7O6. The number of carboxylic acid groups (broad SMARTS) is 3. The van der Waals surface area contributed by atoms with Crippen molar-refractivity contribution in [2.45, 2.75) is 31.3 Å². The fourth-order valence-electron chi connectivity index (χ4n) is 1.81. The topological polar surface area (TPSA) is 244 Å². The summed E-state index contributed by atoms with van der Waals surface area (Å²) < 4.78 is 0. The lowest BCUT2D eigenvalue weighted by Gasteiger charge is -2.30. The number of carboxylic acids is 3. The summed E-state index contributed by atoms with van der Waals surface area (Å²) in [4.78, 5) is 37.3. The van der Waals surface area contributed by atoms with Gasteiger partial charge < -0.3 is 38.3 Å². The summed E-state index contributed by atoms with van der Waals surface area (Å²) in [6.45, 7) is 0.0957. The van der Waals surface area contributed by atoms with Gasteiger partial charge in [-0.05, 0) is 12.8 Å². The number of aliphatic imine (C=N–C) groups is 1. The molecule has 0 aliphatic rings. The molecule has 0 bridgehead atoms. The van der Waals surface area contributed by atoms with Crippen LogP contribution < -0.4 is 22.9 Å². The zero-order valence-electron chi connectivity index (χ0n) is 12.7. The van der Waals surface area contributed by atoms with Crippen LogP contribution in [0.1, 0.15) is 19.3 Å². The van der Waals surface area contributed by atoms with E-state index in [1.54, 1.807) is 0 Å². The highest BCUT2D eigenvalue weighted by atomic mass is 16.4. The molecule has 0 aromatic carbocycles. The van der Waals surface area contributed by atoms with E-state index in [1.807, 2.05) is 0 Å². The Hall–Kier alpha value is -3.25. The van der Waals surface area contributed by atoms with Crippen LogP contribution in [0.2, 0.25) is 0 Å². The first kappa shape index (κ1) is 20.8. The van der Waals surface area contributed by atoms with Gasteiger partial charge in [0, 0.05) is 6.54 Å². The molecule has 2 atom stereocenters. The largest absolute Gasteiger partial charge is 0.481 e. The molecule has 13 heteroatoms. The maximum absolute atomic E-state index is 11.4. The first-order valence-electron chi connectivity index (χ1n) is 6.67. The monoisotopic (exact) mass is 347 g/mol. The summed E-state index contributed by atoms with van der Waals surface area (Å²) in [5, 5.41) is 31.3. The molecule has 0 rings (SSSR count). The molecule has 11 N–H and O–H groups in total. The van der Waals surface area contributed by atoms with Crippen molar-refractivity contribution in [2.75, 3.05) is 6.54 Å². The van der Waals surface area contributed by atoms with Gasteiger partial charge in [-0.1, -0.05) is 0 Å². The molecule has 0 aliphatic carbocycles. The van der Waals surface area contributed by atoms with Crippen LogP contribution in [0.15, 0.2) is 10.1 Å². The van der Waals surface area contributed by atoms with Crippen LogP contribution in [-0.4, -0.2) is 68.8 Å². The van der Waals surface area contributed by atoms with Crippen molar-refractivity contribution in [3.05, 3.63) is 0 Å². The van der Waals surface area contributed by atoms with Crippen molar-refractivity contribution in [1.29, 1.82) is 0 Å². The number of hydrazone groups is 1. The minimum Gasteiger partial charge on any atom is -0.481 e. The average molecular weight is 347 g/mol. The van der Waals surface area contributed by atoms with Crippen molar-refractivity contribution in [1.82, 2.24) is 5.01 Å². The zero-order chi connectivity index (χ0) is 18.9. The predicted molar refractivity (Wildman–Crippen MR) is 82.7 cm³/mol. The van der Waals surface area contributed by atoms with Gasteiger partial charge in [0.1, 0.15) is 6.04 Å². The van der Waals surface area contributed by atoms with E-state index < -0.39 is 42.4 Å². The van der Waals surface area contributed by atoms with E-state index in [0.29, 0.717) is 5.01 Å². The van der Waals surface area contributed by atoms with Crippen molar-refractivity contribution < 1.29 is 29.7 Å². The Kier molecular flexibility index (Phi) is 8.39. The highest BCUT2D eigenvalue weighted by molar-refractivity contribution is 5.83. The Morgan fingerprint density at radius 1 is 0.917 bits per heavy atom. The van der Waals surface area contributed by atoms with Crippen LogP contribution in [0, 0.1) is 0 Å². The third kappa shape index (κ3) is 7.67. The number of nitrogens with zero attached hydrogens (tertiary/aromatic N) is 3. The minimum absolute atomic E-state index is 0.0957. The van der Waals surface area contributed by atoms with Gasteiger partial charge in [-0.3, -0.25) is 14.8 Å². The number of hydrogen-bond acceptors (Lipinski definition) is 6. The Morgan fingerprint density at radius 2 is 1.46 bits per heavy atom. The maximum Gasteiger partial charge on any atom is 0.328 e. The minimum atomic E-state index is -1.77. The summed E-state index contributed by atoms with van der Waals surface area (Å²) >= 11 is 0. The van der Waals surface area contributed by atoms with Gasteiger partial charge in [0.2, 0.25) is 5.96 Å². The first-order valence-corrected chi connectivity index (χ1v) is 6.67. The van der Waals surface area contributed by atoms with Crippen LogP contribution in [0.3, 0.4) is 0 Å². The smallest absolute Gasteiger partial charge is 0.328 e. The van der Waals surface area contributed by atoms with Gasteiger partial charge in [-0.15, -0.1) is 5.10 Å². The lowest BCUT2D eigenvalue weighted by molar-refractivity contribution is -0.155. The average Bonchev–Trinajstić information content (AvgIpc) is 2.41. The fourth-order valence-corrected chi connectivity index (χ4v) is 1.81. The Bertz CT molecular complexity index is 527. The third-order valence-electron chi connectivity index (χ3n) is 2.74. The molecule has 13 nitrogen and oxygen atoms in total. The summed E-state index contributed by atoms with van der Waals surface area (Å²) in [6, 6.07) is -3.25. The molecule has 0 amide bonds. The lowest BCUT2D eigenvalue weighted by atomic mass is 10.1. The second kappa shape index (κ2) is 9.70. The number of nitrogens with two attached hydrogens (primary N) is 4. The molecule has 24 heavy (non-hydrogen) atoms. The molecule has 136 valence electrons. The van der Waals surface area contributed by atoms with Crippen molar-refractivity contribution in [3.63, 3.8) is 0 Å². The molecule has 0 spiro atoms. The number of aliphatic carboxylic acids is 3. The van der Waals surface area contributed by atoms with Gasteiger partial charge in [0.15, 0.2) is 12.0 Å². The Labute approximate surface area is 136 Å². The highest BCUT2D eigenvalue weighted by Crippen LogP contribution is 2.16. The molecule has 0 fully saturated rings. The number of rotatable bonds is 11. The van der Waals surface area contributed by atoms with Gasteiger partial charge in [0.05, 0.1) is 6.42 Å². The maximum atomic E-state index is 11.4. The van der Waals surface area contributed by atoms with Crippen LogP contribution in [0.25, 0.3) is 0 Å². The molecule has 0 heterocycles. The van der Waals surface area contributed by atoms with E-state index in [4.69, 9.17) is 28.0 Å². The third-order valence-corrected chi connectivity index (χ3v) is 2.74. The standard InChI is InChI=1S/C11H21N7O6/c12-10(13)16-3-1-2-5(8(21)22)18(17-11(14)15)6(9(23)24)4-7(19)20/h5-6H,1-4H2,(H,19,20)(H,21,22)(H,23,24)(H4,12,13,16)(H4,14,15,17)/t5-,6?/m0/s1. The second-order valence-corrected chi connectivity index (χ2v) is 4.66. The fraction of sp³-hybridized carbons (Fsp3) is 0.545. The van der Waals surface area contributed by atoms with E-state index in [0.717, 1.165) is 0 Å². The molecule has 0 aromatic rings. The molecular weight excluding hydrogens is 326 g/mol. The second-order valence-electron chi connectivity index (χ2n) is 4.66. The van der Waals surface area contributed by atoms with E-state index in [2.05, 4.69) is 10.1 Å². The van der Waals surface area contributed by atoms with Crippen molar-refractivity contribution in [2.24, 2.45) is 33.0 Å². The number of hydrogen-bond donors (Lipinski definition) is 7. The summed E-state index contributed by atoms with van der Waals surface area (Å²) in [6.07, 6.45) is -0.846. The zero-order valence-corrected chi connectivity index (χ0v) is 12.7.